The molecule has 1 aliphatic heterocycles. The quantitative estimate of drug-likeness (QED) is 0.895. The number of aromatic nitrogens is 1. The van der Waals surface area contributed by atoms with E-state index in [0.29, 0.717) is 30.5 Å². The van der Waals surface area contributed by atoms with E-state index < -0.39 is 11.9 Å². The van der Waals surface area contributed by atoms with Crippen LogP contribution in [0.3, 0.4) is 0 Å². The molecular weight excluding hydrogens is 308 g/mol. The Morgan fingerprint density at radius 2 is 2.00 bits per heavy atom. The lowest BCUT2D eigenvalue weighted by Gasteiger charge is -2.25. The molecule has 0 spiro atoms. The summed E-state index contributed by atoms with van der Waals surface area (Å²) < 4.78 is 5.76. The minimum absolute atomic E-state index is 0.0963. The maximum absolute atomic E-state index is 12.8. The Labute approximate surface area is 140 Å². The van der Waals surface area contributed by atoms with Gasteiger partial charge in [-0.2, -0.15) is 0 Å². The first-order valence-electron chi connectivity index (χ1n) is 8.76. The summed E-state index contributed by atoms with van der Waals surface area (Å²) in [6.45, 7) is 0.845. The van der Waals surface area contributed by atoms with Crippen LogP contribution in [-0.4, -0.2) is 46.1 Å². The smallest absolute Gasteiger partial charge is 0.308 e. The van der Waals surface area contributed by atoms with Gasteiger partial charge in [0.25, 0.3) is 5.91 Å². The molecule has 1 aromatic heterocycles. The standard InChI is InChI=1S/C18H22N2O4/c21-17(12-6-7-19-16(8-12)24-13-2-1-3-13)20-9-14(11-4-5-11)15(10-20)18(22)23/h6-8,11,13-15H,1-5,9-10H2,(H,22,23)/t14-,15+/m1/s1. The largest absolute Gasteiger partial charge is 0.481 e. The van der Waals surface area contributed by atoms with Gasteiger partial charge in [0.1, 0.15) is 6.10 Å². The molecule has 24 heavy (non-hydrogen) atoms. The fourth-order valence-corrected chi connectivity index (χ4v) is 3.71. The molecule has 1 amide bonds. The van der Waals surface area contributed by atoms with Crippen molar-refractivity contribution < 1.29 is 19.4 Å². The highest BCUT2D eigenvalue weighted by atomic mass is 16.5. The van der Waals surface area contributed by atoms with E-state index in [1.54, 1.807) is 23.2 Å². The summed E-state index contributed by atoms with van der Waals surface area (Å²) in [6, 6.07) is 3.36. The number of hydrogen-bond acceptors (Lipinski definition) is 4. The summed E-state index contributed by atoms with van der Waals surface area (Å²) >= 11 is 0. The van der Waals surface area contributed by atoms with Gasteiger partial charge in [-0.15, -0.1) is 0 Å². The lowest BCUT2D eigenvalue weighted by molar-refractivity contribution is -0.142. The Balaban J connectivity index is 1.47. The predicted octanol–water partition coefficient (Wildman–Crippen LogP) is 2.20. The number of amides is 1. The van der Waals surface area contributed by atoms with Gasteiger partial charge in [0.15, 0.2) is 0 Å². The number of hydrogen-bond donors (Lipinski definition) is 1. The number of carbonyl (C=O) groups is 2. The van der Waals surface area contributed by atoms with Crippen molar-refractivity contribution in [2.75, 3.05) is 13.1 Å². The van der Waals surface area contributed by atoms with Crippen molar-refractivity contribution in [1.29, 1.82) is 0 Å². The molecule has 2 atom stereocenters. The Kier molecular flexibility index (Phi) is 3.90. The van der Waals surface area contributed by atoms with Crippen molar-refractivity contribution in [3.63, 3.8) is 0 Å². The van der Waals surface area contributed by atoms with Gasteiger partial charge in [-0.05, 0) is 50.0 Å². The van der Waals surface area contributed by atoms with E-state index in [1.165, 1.54) is 6.42 Å². The zero-order valence-electron chi connectivity index (χ0n) is 13.6. The molecule has 0 aromatic carbocycles. The second-order valence-corrected chi connectivity index (χ2v) is 7.21. The van der Waals surface area contributed by atoms with Gasteiger partial charge < -0.3 is 14.7 Å². The summed E-state index contributed by atoms with van der Waals surface area (Å²) in [5.41, 5.74) is 0.528. The number of carboxylic acid groups (broad SMARTS) is 1. The fraction of sp³-hybridized carbons (Fsp3) is 0.611. The molecule has 6 nitrogen and oxygen atoms in total. The Morgan fingerprint density at radius 3 is 2.62 bits per heavy atom. The number of aliphatic carboxylic acids is 1. The maximum atomic E-state index is 12.8. The fourth-order valence-electron chi connectivity index (χ4n) is 3.71. The Morgan fingerprint density at radius 1 is 1.21 bits per heavy atom. The molecule has 128 valence electrons. The van der Waals surface area contributed by atoms with Gasteiger partial charge in [0, 0.05) is 30.9 Å². The van der Waals surface area contributed by atoms with E-state index in [4.69, 9.17) is 4.74 Å². The minimum atomic E-state index is -0.786. The average molecular weight is 330 g/mol. The van der Waals surface area contributed by atoms with Crippen LogP contribution >= 0.6 is 0 Å². The van der Waals surface area contributed by atoms with Gasteiger partial charge in [0.2, 0.25) is 5.88 Å². The van der Waals surface area contributed by atoms with Crippen LogP contribution in [-0.2, 0) is 4.79 Å². The number of pyridine rings is 1. The van der Waals surface area contributed by atoms with Crippen LogP contribution < -0.4 is 4.74 Å². The zero-order chi connectivity index (χ0) is 16.7. The summed E-state index contributed by atoms with van der Waals surface area (Å²) in [4.78, 5) is 30.1. The Hall–Kier alpha value is -2.11. The first kappa shape index (κ1) is 15.4. The number of ether oxygens (including phenoxy) is 1. The number of nitrogens with zero attached hydrogens (tertiary/aromatic N) is 2. The highest BCUT2D eigenvalue weighted by molar-refractivity contribution is 5.95. The molecule has 1 N–H and O–H groups in total. The van der Waals surface area contributed by atoms with Crippen LogP contribution in [0.25, 0.3) is 0 Å². The number of carboxylic acids is 1. The third kappa shape index (κ3) is 2.97. The minimum Gasteiger partial charge on any atom is -0.481 e. The molecule has 3 fully saturated rings. The summed E-state index contributed by atoms with van der Waals surface area (Å²) in [5.74, 6) is -0.290. The van der Waals surface area contributed by atoms with Crippen LogP contribution in [0.2, 0.25) is 0 Å². The first-order chi connectivity index (χ1) is 11.6. The normalized spacial score (nSPS) is 26.9. The predicted molar refractivity (Wildman–Crippen MR) is 85.7 cm³/mol. The molecule has 2 saturated carbocycles. The third-order valence-electron chi connectivity index (χ3n) is 5.52. The highest BCUT2D eigenvalue weighted by Crippen LogP contribution is 2.44. The monoisotopic (exact) mass is 330 g/mol. The number of carbonyl (C=O) groups excluding carboxylic acids is 1. The Bertz CT molecular complexity index is 654. The van der Waals surface area contributed by atoms with E-state index in [-0.39, 0.29) is 17.9 Å². The molecule has 1 aromatic rings. The summed E-state index contributed by atoms with van der Waals surface area (Å²) in [5, 5.41) is 9.44. The van der Waals surface area contributed by atoms with Crippen LogP contribution in [0.5, 0.6) is 5.88 Å². The molecule has 0 bridgehead atoms. The van der Waals surface area contributed by atoms with Gasteiger partial charge in [-0.1, -0.05) is 0 Å². The van der Waals surface area contributed by atoms with Crippen molar-refractivity contribution in [2.24, 2.45) is 17.8 Å². The van der Waals surface area contributed by atoms with E-state index in [0.717, 1.165) is 25.7 Å². The molecule has 1 saturated heterocycles. The SMILES string of the molecule is O=C(O)[C@H]1CN(C(=O)c2ccnc(OC3CCC3)c2)C[C@@H]1C1CC1. The molecule has 4 rings (SSSR count). The molecule has 0 radical (unpaired) electrons. The molecule has 6 heteroatoms. The lowest BCUT2D eigenvalue weighted by Crippen LogP contribution is -2.30. The van der Waals surface area contributed by atoms with Crippen molar-refractivity contribution in [1.82, 2.24) is 9.88 Å². The van der Waals surface area contributed by atoms with Crippen molar-refractivity contribution >= 4 is 11.9 Å². The van der Waals surface area contributed by atoms with Crippen LogP contribution in [0.1, 0.15) is 42.5 Å². The maximum Gasteiger partial charge on any atom is 0.308 e. The lowest BCUT2D eigenvalue weighted by atomic mass is 9.92. The topological polar surface area (TPSA) is 79.7 Å². The number of likely N-dealkylation sites (tertiary alicyclic amines) is 1. The highest BCUT2D eigenvalue weighted by Gasteiger charge is 2.46. The third-order valence-corrected chi connectivity index (χ3v) is 5.52. The second-order valence-electron chi connectivity index (χ2n) is 7.21. The van der Waals surface area contributed by atoms with Crippen LogP contribution in [0.4, 0.5) is 0 Å². The van der Waals surface area contributed by atoms with Crippen LogP contribution in [0, 0.1) is 17.8 Å². The van der Waals surface area contributed by atoms with Gasteiger partial charge in [-0.3, -0.25) is 9.59 Å². The summed E-state index contributed by atoms with van der Waals surface area (Å²) in [6.07, 6.45) is 7.23. The molecule has 2 aliphatic carbocycles. The first-order valence-corrected chi connectivity index (χ1v) is 8.76. The molecule has 2 heterocycles. The molecule has 3 aliphatic rings. The van der Waals surface area contributed by atoms with E-state index in [1.807, 2.05) is 0 Å². The van der Waals surface area contributed by atoms with E-state index in [9.17, 15) is 14.7 Å². The van der Waals surface area contributed by atoms with Crippen molar-refractivity contribution in [3.05, 3.63) is 23.9 Å². The van der Waals surface area contributed by atoms with Gasteiger partial charge in [-0.25, -0.2) is 4.98 Å². The van der Waals surface area contributed by atoms with Crippen molar-refractivity contribution in [3.8, 4) is 5.88 Å². The van der Waals surface area contributed by atoms with Gasteiger partial charge >= 0.3 is 5.97 Å². The van der Waals surface area contributed by atoms with Gasteiger partial charge in [0.05, 0.1) is 5.92 Å². The number of rotatable bonds is 5. The van der Waals surface area contributed by atoms with Crippen molar-refractivity contribution in [2.45, 2.75) is 38.2 Å². The molecular formula is C18H22N2O4. The zero-order valence-corrected chi connectivity index (χ0v) is 13.6. The van der Waals surface area contributed by atoms with E-state index >= 15 is 0 Å². The second kappa shape index (κ2) is 6.07. The average Bonchev–Trinajstić information content (AvgIpc) is 3.29. The van der Waals surface area contributed by atoms with Crippen LogP contribution in [0.15, 0.2) is 18.3 Å². The molecule has 0 unspecified atom stereocenters. The summed E-state index contributed by atoms with van der Waals surface area (Å²) in [7, 11) is 0. The van der Waals surface area contributed by atoms with E-state index in [2.05, 4.69) is 4.98 Å².